The lowest BCUT2D eigenvalue weighted by Gasteiger charge is -2.29. The predicted octanol–water partition coefficient (Wildman–Crippen LogP) is 0.973. The summed E-state index contributed by atoms with van der Waals surface area (Å²) in [7, 11) is 2.17. The number of nitrogens with one attached hydrogen (secondary N) is 2. The number of piperidine rings is 1. The fraction of sp³-hybridized carbons (Fsp3) is 0.929. The first-order valence-electron chi connectivity index (χ1n) is 7.31. The number of hydrogen-bond acceptors (Lipinski definition) is 3. The van der Waals surface area contributed by atoms with E-state index in [1.807, 2.05) is 0 Å². The van der Waals surface area contributed by atoms with Crippen LogP contribution in [0.1, 0.15) is 39.5 Å². The number of carbonyl (C=O) groups is 1. The third kappa shape index (κ3) is 3.69. The van der Waals surface area contributed by atoms with E-state index in [1.54, 1.807) is 0 Å². The monoisotopic (exact) mass is 253 g/mol. The zero-order valence-electron chi connectivity index (χ0n) is 11.9. The van der Waals surface area contributed by atoms with Crippen LogP contribution < -0.4 is 10.6 Å². The Morgan fingerprint density at radius 3 is 2.67 bits per heavy atom. The molecule has 1 aliphatic carbocycles. The highest BCUT2D eigenvalue weighted by Gasteiger charge is 2.30. The first-order valence-corrected chi connectivity index (χ1v) is 7.31. The van der Waals surface area contributed by atoms with Gasteiger partial charge in [0.2, 0.25) is 5.91 Å². The molecule has 4 nitrogen and oxygen atoms in total. The molecule has 0 aromatic heterocycles. The molecule has 3 unspecified atom stereocenters. The van der Waals surface area contributed by atoms with Gasteiger partial charge in [-0.05, 0) is 46.6 Å². The topological polar surface area (TPSA) is 44.4 Å². The number of carbonyl (C=O) groups excluding carboxylic acids is 1. The summed E-state index contributed by atoms with van der Waals surface area (Å²) in [5, 5.41) is 6.49. The molecule has 2 N–H and O–H groups in total. The average molecular weight is 253 g/mol. The van der Waals surface area contributed by atoms with Gasteiger partial charge in [-0.3, -0.25) is 9.69 Å². The predicted molar refractivity (Wildman–Crippen MR) is 73.4 cm³/mol. The van der Waals surface area contributed by atoms with Gasteiger partial charge < -0.3 is 10.6 Å². The molecular weight excluding hydrogens is 226 g/mol. The molecule has 104 valence electrons. The second-order valence-electron chi connectivity index (χ2n) is 6.07. The van der Waals surface area contributed by atoms with Crippen LogP contribution in [0.15, 0.2) is 0 Å². The summed E-state index contributed by atoms with van der Waals surface area (Å²) in [5.41, 5.74) is 0. The van der Waals surface area contributed by atoms with E-state index in [-0.39, 0.29) is 11.8 Å². The second kappa shape index (κ2) is 6.02. The van der Waals surface area contributed by atoms with Crippen molar-refractivity contribution < 1.29 is 4.79 Å². The fourth-order valence-corrected chi connectivity index (χ4v) is 2.60. The molecule has 18 heavy (non-hydrogen) atoms. The largest absolute Gasteiger partial charge is 0.354 e. The van der Waals surface area contributed by atoms with E-state index >= 15 is 0 Å². The summed E-state index contributed by atoms with van der Waals surface area (Å²) in [6.07, 6.45) is 4.76. The molecule has 0 spiro atoms. The highest BCUT2D eigenvalue weighted by molar-refractivity contribution is 5.79. The average Bonchev–Trinajstić information content (AvgIpc) is 3.19. The van der Waals surface area contributed by atoms with Gasteiger partial charge in [-0.15, -0.1) is 0 Å². The lowest BCUT2D eigenvalue weighted by atomic mass is 9.95. The molecular formula is C14H27N3O. The highest BCUT2D eigenvalue weighted by atomic mass is 16.1. The number of hydrogen-bond donors (Lipinski definition) is 2. The molecule has 0 aromatic rings. The zero-order chi connectivity index (χ0) is 13.1. The van der Waals surface area contributed by atoms with Crippen LogP contribution in [-0.4, -0.2) is 49.1 Å². The van der Waals surface area contributed by atoms with Crippen LogP contribution in [0.2, 0.25) is 0 Å². The van der Waals surface area contributed by atoms with Crippen LogP contribution in [0.3, 0.4) is 0 Å². The zero-order valence-corrected chi connectivity index (χ0v) is 11.9. The number of amides is 1. The maximum atomic E-state index is 12.0. The van der Waals surface area contributed by atoms with Crippen LogP contribution in [0.5, 0.6) is 0 Å². The Hall–Kier alpha value is -0.610. The quantitative estimate of drug-likeness (QED) is 0.767. The summed E-state index contributed by atoms with van der Waals surface area (Å²) in [4.78, 5) is 14.4. The summed E-state index contributed by atoms with van der Waals surface area (Å²) in [6, 6.07) is 1.76. The van der Waals surface area contributed by atoms with Crippen molar-refractivity contribution >= 4 is 5.91 Å². The fourth-order valence-electron chi connectivity index (χ4n) is 2.60. The SMILES string of the molecule is CC1CCC(C(=O)NCC(C)N(C)C2CC2)CN1. The Morgan fingerprint density at radius 2 is 2.11 bits per heavy atom. The van der Waals surface area contributed by atoms with Gasteiger partial charge in [-0.2, -0.15) is 0 Å². The van der Waals surface area contributed by atoms with Crippen LogP contribution in [0.4, 0.5) is 0 Å². The minimum atomic E-state index is 0.166. The molecule has 1 aliphatic heterocycles. The van der Waals surface area contributed by atoms with E-state index in [0.717, 1.165) is 32.0 Å². The third-order valence-corrected chi connectivity index (χ3v) is 4.42. The molecule has 1 saturated carbocycles. The van der Waals surface area contributed by atoms with Crippen molar-refractivity contribution in [3.05, 3.63) is 0 Å². The first-order chi connectivity index (χ1) is 8.58. The van der Waals surface area contributed by atoms with Crippen molar-refractivity contribution in [3.8, 4) is 0 Å². The molecule has 1 saturated heterocycles. The third-order valence-electron chi connectivity index (χ3n) is 4.42. The first kappa shape index (κ1) is 13.8. The van der Waals surface area contributed by atoms with Crippen molar-refractivity contribution in [1.29, 1.82) is 0 Å². The standard InChI is InChI=1S/C14H27N3O/c1-10-4-5-12(9-15-10)14(18)16-8-11(2)17(3)13-6-7-13/h10-13,15H,4-9H2,1-3H3,(H,16,18). The summed E-state index contributed by atoms with van der Waals surface area (Å²) < 4.78 is 0. The van der Waals surface area contributed by atoms with Crippen LogP contribution in [0.25, 0.3) is 0 Å². The second-order valence-corrected chi connectivity index (χ2v) is 6.07. The molecule has 0 bridgehead atoms. The Labute approximate surface area is 110 Å². The Morgan fingerprint density at radius 1 is 1.39 bits per heavy atom. The van der Waals surface area contributed by atoms with E-state index in [4.69, 9.17) is 0 Å². The van der Waals surface area contributed by atoms with E-state index < -0.39 is 0 Å². The van der Waals surface area contributed by atoms with Crippen molar-refractivity contribution in [3.63, 3.8) is 0 Å². The van der Waals surface area contributed by atoms with Crippen LogP contribution >= 0.6 is 0 Å². The normalized spacial score (nSPS) is 30.2. The van der Waals surface area contributed by atoms with Crippen molar-refractivity contribution in [2.24, 2.45) is 5.92 Å². The van der Waals surface area contributed by atoms with Gasteiger partial charge >= 0.3 is 0 Å². The maximum Gasteiger partial charge on any atom is 0.224 e. The van der Waals surface area contributed by atoms with E-state index in [2.05, 4.69) is 36.4 Å². The van der Waals surface area contributed by atoms with E-state index in [0.29, 0.717) is 12.1 Å². The molecule has 1 amide bonds. The number of likely N-dealkylation sites (N-methyl/N-ethyl adjacent to an activating group) is 1. The summed E-state index contributed by atoms with van der Waals surface area (Å²) in [6.45, 7) is 5.98. The van der Waals surface area contributed by atoms with Gasteiger partial charge in [0.15, 0.2) is 0 Å². The molecule has 4 heteroatoms. The van der Waals surface area contributed by atoms with Gasteiger partial charge in [0, 0.05) is 31.2 Å². The van der Waals surface area contributed by atoms with Crippen molar-refractivity contribution in [2.45, 2.75) is 57.7 Å². The van der Waals surface area contributed by atoms with Gasteiger partial charge in [0.1, 0.15) is 0 Å². The smallest absolute Gasteiger partial charge is 0.224 e. The van der Waals surface area contributed by atoms with E-state index in [1.165, 1.54) is 12.8 Å². The lowest BCUT2D eigenvalue weighted by Crippen LogP contribution is -2.47. The number of rotatable bonds is 5. The molecule has 0 aromatic carbocycles. The van der Waals surface area contributed by atoms with Crippen molar-refractivity contribution in [2.75, 3.05) is 20.1 Å². The molecule has 2 rings (SSSR count). The van der Waals surface area contributed by atoms with Crippen LogP contribution in [0, 0.1) is 5.92 Å². The lowest BCUT2D eigenvalue weighted by molar-refractivity contribution is -0.125. The Balaban J connectivity index is 1.67. The molecule has 1 heterocycles. The number of nitrogens with zero attached hydrogens (tertiary/aromatic N) is 1. The van der Waals surface area contributed by atoms with Gasteiger partial charge in [0.05, 0.1) is 5.92 Å². The Bertz CT molecular complexity index is 283. The minimum absolute atomic E-state index is 0.166. The van der Waals surface area contributed by atoms with Gasteiger partial charge in [0.25, 0.3) is 0 Å². The molecule has 2 fully saturated rings. The molecule has 0 radical (unpaired) electrons. The Kier molecular flexibility index (Phi) is 4.62. The summed E-state index contributed by atoms with van der Waals surface area (Å²) >= 11 is 0. The maximum absolute atomic E-state index is 12.0. The minimum Gasteiger partial charge on any atom is -0.354 e. The van der Waals surface area contributed by atoms with Gasteiger partial charge in [-0.25, -0.2) is 0 Å². The van der Waals surface area contributed by atoms with Crippen molar-refractivity contribution in [1.82, 2.24) is 15.5 Å². The molecule has 2 aliphatic rings. The highest BCUT2D eigenvalue weighted by Crippen LogP contribution is 2.26. The van der Waals surface area contributed by atoms with Gasteiger partial charge in [-0.1, -0.05) is 0 Å². The molecule has 3 atom stereocenters. The van der Waals surface area contributed by atoms with E-state index in [9.17, 15) is 4.79 Å². The van der Waals surface area contributed by atoms with Crippen LogP contribution in [-0.2, 0) is 4.79 Å². The summed E-state index contributed by atoms with van der Waals surface area (Å²) in [5.74, 6) is 0.394.